The lowest BCUT2D eigenvalue weighted by Gasteiger charge is -2.29. The van der Waals surface area contributed by atoms with E-state index in [1.807, 2.05) is 48.5 Å². The average Bonchev–Trinajstić information content (AvgIpc) is 3.33. The summed E-state index contributed by atoms with van der Waals surface area (Å²) in [6.07, 6.45) is 5.07. The fourth-order valence-electron chi connectivity index (χ4n) is 5.01. The van der Waals surface area contributed by atoms with Crippen molar-refractivity contribution in [3.63, 3.8) is 0 Å². The molecule has 1 aliphatic carbocycles. The van der Waals surface area contributed by atoms with E-state index in [9.17, 15) is 4.79 Å². The molecule has 0 aromatic heterocycles. The molecular formula is C30H29ClN2O4. The van der Waals surface area contributed by atoms with Crippen LogP contribution in [0.5, 0.6) is 17.2 Å². The first-order valence-corrected chi connectivity index (χ1v) is 12.7. The van der Waals surface area contributed by atoms with Crippen molar-refractivity contribution in [3.8, 4) is 17.2 Å². The lowest BCUT2D eigenvalue weighted by molar-refractivity contribution is -0.135. The van der Waals surface area contributed by atoms with Crippen LogP contribution in [0.25, 0.3) is 6.08 Å². The van der Waals surface area contributed by atoms with E-state index in [0.717, 1.165) is 53.2 Å². The zero-order chi connectivity index (χ0) is 25.8. The summed E-state index contributed by atoms with van der Waals surface area (Å²) in [5.74, 6) is 2.03. The molecule has 5 rings (SSSR count). The first kappa shape index (κ1) is 24.9. The van der Waals surface area contributed by atoms with E-state index in [1.165, 1.54) is 0 Å². The van der Waals surface area contributed by atoms with Gasteiger partial charge in [-0.05, 0) is 84.5 Å². The summed E-state index contributed by atoms with van der Waals surface area (Å²) in [4.78, 5) is 13.5. The number of methoxy groups -OCH3 is 2. The fraction of sp³-hybridized carbons (Fsp3) is 0.267. The molecule has 6 nitrogen and oxygen atoms in total. The van der Waals surface area contributed by atoms with Gasteiger partial charge in [0.25, 0.3) is 5.91 Å². The van der Waals surface area contributed by atoms with Gasteiger partial charge in [0.1, 0.15) is 17.2 Å². The maximum absolute atomic E-state index is 13.5. The number of amides is 1. The van der Waals surface area contributed by atoms with E-state index in [-0.39, 0.29) is 24.5 Å². The molecule has 0 spiro atoms. The van der Waals surface area contributed by atoms with E-state index in [2.05, 4.69) is 6.08 Å². The smallest absolute Gasteiger partial charge is 0.281 e. The summed E-state index contributed by atoms with van der Waals surface area (Å²) < 4.78 is 16.4. The number of hydrazone groups is 1. The lowest BCUT2D eigenvalue weighted by Crippen LogP contribution is -2.34. The minimum Gasteiger partial charge on any atom is -0.497 e. The Hall–Kier alpha value is -3.77. The number of rotatable bonds is 7. The second-order valence-electron chi connectivity index (χ2n) is 9.13. The Bertz CT molecular complexity index is 1320. The minimum atomic E-state index is -0.212. The molecule has 1 fully saturated rings. The predicted octanol–water partition coefficient (Wildman–Crippen LogP) is 6.56. The monoisotopic (exact) mass is 516 g/mol. The number of halogens is 1. The molecule has 0 unspecified atom stereocenters. The van der Waals surface area contributed by atoms with Gasteiger partial charge in [-0.15, -0.1) is 0 Å². The number of hydrogen-bond donors (Lipinski definition) is 0. The van der Waals surface area contributed by atoms with Crippen LogP contribution in [0, 0.1) is 5.92 Å². The molecule has 2 atom stereocenters. The molecule has 1 amide bonds. The van der Waals surface area contributed by atoms with Crippen molar-refractivity contribution >= 4 is 29.3 Å². The maximum Gasteiger partial charge on any atom is 0.281 e. The lowest BCUT2D eigenvalue weighted by atomic mass is 9.77. The van der Waals surface area contributed by atoms with E-state index in [4.69, 9.17) is 30.9 Å². The molecule has 0 bridgehead atoms. The highest BCUT2D eigenvalue weighted by Crippen LogP contribution is 2.44. The standard InChI is InChI=1S/C30H29ClN2O4/c1-35-24-13-9-20(10-14-24)17-22-5-3-8-27-29(22)32-33(30(27)21-11-15-25(36-2)16-12-21)28(34)19-37-26-7-4-6-23(31)18-26/h4,6-7,9-18,27,30H,3,5,8,19H2,1-2H3/b22-17-/t27-,30+/m1/s1. The zero-order valence-corrected chi connectivity index (χ0v) is 21.6. The van der Waals surface area contributed by atoms with Crippen LogP contribution in [0.15, 0.2) is 83.5 Å². The molecule has 0 saturated heterocycles. The molecule has 190 valence electrons. The van der Waals surface area contributed by atoms with Gasteiger partial charge >= 0.3 is 0 Å². The number of benzene rings is 3. The first-order chi connectivity index (χ1) is 18.1. The van der Waals surface area contributed by atoms with Gasteiger partial charge in [-0.1, -0.05) is 41.9 Å². The molecule has 2 aliphatic rings. The Labute approximate surface area is 222 Å². The Morgan fingerprint density at radius 2 is 1.70 bits per heavy atom. The second kappa shape index (κ2) is 11.1. The van der Waals surface area contributed by atoms with Gasteiger partial charge in [-0.3, -0.25) is 4.79 Å². The molecule has 3 aromatic rings. The van der Waals surface area contributed by atoms with Crippen LogP contribution < -0.4 is 14.2 Å². The number of carbonyl (C=O) groups excluding carboxylic acids is 1. The van der Waals surface area contributed by atoms with Crippen LogP contribution in [0.3, 0.4) is 0 Å². The van der Waals surface area contributed by atoms with Crippen LogP contribution in [0.2, 0.25) is 5.02 Å². The van der Waals surface area contributed by atoms with Crippen LogP contribution in [-0.4, -0.2) is 37.5 Å². The minimum absolute atomic E-state index is 0.0989. The van der Waals surface area contributed by atoms with Crippen molar-refractivity contribution in [1.82, 2.24) is 5.01 Å². The largest absolute Gasteiger partial charge is 0.497 e. The van der Waals surface area contributed by atoms with Crippen molar-refractivity contribution < 1.29 is 19.0 Å². The maximum atomic E-state index is 13.5. The number of carbonyl (C=O) groups is 1. The quantitative estimate of drug-likeness (QED) is 0.357. The SMILES string of the molecule is COc1ccc(/C=C2/CCC[C@@H]3C2=NN(C(=O)COc2cccc(Cl)c2)[C@H]3c2ccc(OC)cc2)cc1. The highest BCUT2D eigenvalue weighted by atomic mass is 35.5. The normalized spacial score (nSPS) is 19.8. The molecule has 1 saturated carbocycles. The third-order valence-electron chi connectivity index (χ3n) is 6.83. The Morgan fingerprint density at radius 3 is 2.38 bits per heavy atom. The number of allylic oxidation sites excluding steroid dienone is 1. The second-order valence-corrected chi connectivity index (χ2v) is 9.57. The number of fused-ring (bicyclic) bond motifs is 1. The summed E-state index contributed by atoms with van der Waals surface area (Å²) in [6.45, 7) is -0.131. The average molecular weight is 517 g/mol. The zero-order valence-electron chi connectivity index (χ0n) is 20.9. The molecule has 37 heavy (non-hydrogen) atoms. The van der Waals surface area contributed by atoms with Crippen LogP contribution >= 0.6 is 11.6 Å². The van der Waals surface area contributed by atoms with Gasteiger partial charge in [0.2, 0.25) is 0 Å². The summed E-state index contributed by atoms with van der Waals surface area (Å²) in [5.41, 5.74) is 4.23. The Morgan fingerprint density at radius 1 is 1.00 bits per heavy atom. The third kappa shape index (κ3) is 5.49. The van der Waals surface area contributed by atoms with Gasteiger partial charge in [0.15, 0.2) is 6.61 Å². The fourth-order valence-corrected chi connectivity index (χ4v) is 5.19. The van der Waals surface area contributed by atoms with Crippen molar-refractivity contribution in [2.24, 2.45) is 11.0 Å². The van der Waals surface area contributed by atoms with Crippen molar-refractivity contribution in [2.45, 2.75) is 25.3 Å². The van der Waals surface area contributed by atoms with Gasteiger partial charge in [0, 0.05) is 10.9 Å². The Kier molecular flexibility index (Phi) is 7.47. The predicted molar refractivity (Wildman–Crippen MR) is 145 cm³/mol. The van der Waals surface area contributed by atoms with Crippen LogP contribution in [0.1, 0.15) is 36.4 Å². The van der Waals surface area contributed by atoms with Crippen LogP contribution in [-0.2, 0) is 4.79 Å². The Balaban J connectivity index is 1.46. The van der Waals surface area contributed by atoms with Gasteiger partial charge in [-0.2, -0.15) is 5.10 Å². The third-order valence-corrected chi connectivity index (χ3v) is 7.06. The van der Waals surface area contributed by atoms with Gasteiger partial charge < -0.3 is 14.2 Å². The van der Waals surface area contributed by atoms with E-state index >= 15 is 0 Å². The summed E-state index contributed by atoms with van der Waals surface area (Å²) in [7, 11) is 3.31. The summed E-state index contributed by atoms with van der Waals surface area (Å²) in [6, 6.07) is 22.7. The van der Waals surface area contributed by atoms with Crippen LogP contribution in [0.4, 0.5) is 0 Å². The number of nitrogens with zero attached hydrogens (tertiary/aromatic N) is 2. The van der Waals surface area contributed by atoms with Crippen molar-refractivity contribution in [1.29, 1.82) is 0 Å². The first-order valence-electron chi connectivity index (χ1n) is 12.3. The summed E-state index contributed by atoms with van der Waals surface area (Å²) in [5, 5.41) is 7.09. The molecule has 1 heterocycles. The molecule has 0 N–H and O–H groups in total. The molecule has 7 heteroatoms. The van der Waals surface area contributed by atoms with Gasteiger partial charge in [-0.25, -0.2) is 5.01 Å². The topological polar surface area (TPSA) is 60.4 Å². The highest BCUT2D eigenvalue weighted by Gasteiger charge is 2.43. The van der Waals surface area contributed by atoms with E-state index in [1.54, 1.807) is 43.5 Å². The highest BCUT2D eigenvalue weighted by molar-refractivity contribution is 6.30. The van der Waals surface area contributed by atoms with Crippen molar-refractivity contribution in [2.75, 3.05) is 20.8 Å². The molecule has 0 radical (unpaired) electrons. The molecular weight excluding hydrogens is 488 g/mol. The molecule has 1 aliphatic heterocycles. The summed E-state index contributed by atoms with van der Waals surface area (Å²) >= 11 is 6.08. The van der Waals surface area contributed by atoms with E-state index < -0.39 is 0 Å². The van der Waals surface area contributed by atoms with Crippen molar-refractivity contribution in [3.05, 3.63) is 94.5 Å². The number of hydrogen-bond acceptors (Lipinski definition) is 5. The number of ether oxygens (including phenoxy) is 3. The van der Waals surface area contributed by atoms with E-state index in [0.29, 0.717) is 10.8 Å². The molecule has 3 aromatic carbocycles. The van der Waals surface area contributed by atoms with Gasteiger partial charge in [0.05, 0.1) is 26.0 Å².